The number of rotatable bonds is 3. The number of carbonyl (C=O) groups is 1. The molecule has 18 heavy (non-hydrogen) atoms. The number of aromatic nitrogens is 3. The first-order valence-corrected chi connectivity index (χ1v) is 5.35. The van der Waals surface area contributed by atoms with Crippen LogP contribution in [-0.4, -0.2) is 27.7 Å². The average molecular weight is 247 g/mol. The van der Waals surface area contributed by atoms with E-state index in [1.54, 1.807) is 12.1 Å². The van der Waals surface area contributed by atoms with E-state index in [1.165, 1.54) is 23.4 Å². The van der Waals surface area contributed by atoms with Crippen LogP contribution in [0.2, 0.25) is 0 Å². The zero-order valence-corrected chi connectivity index (χ0v) is 10.4. The monoisotopic (exact) mass is 247 g/mol. The molecule has 0 atom stereocenters. The molecule has 2 aromatic rings. The van der Waals surface area contributed by atoms with Gasteiger partial charge >= 0.3 is 11.7 Å². The molecule has 2 rings (SSSR count). The van der Waals surface area contributed by atoms with Crippen LogP contribution in [0.15, 0.2) is 23.0 Å². The summed E-state index contributed by atoms with van der Waals surface area (Å²) in [4.78, 5) is 23.1. The maximum Gasteiger partial charge on any atom is 0.353 e. The standard InChI is InChI=1S/C12H13N3O3/c1-8-5-4-6-9(7-16)10(8)15-11(18-3)13-14(2)12(15)17/h4-7H,1-3H3. The molecule has 0 saturated heterocycles. The molecule has 0 fully saturated rings. The SMILES string of the molecule is COc1nn(C)c(=O)n1-c1c(C)cccc1C=O. The van der Waals surface area contributed by atoms with Crippen molar-refractivity contribution >= 4 is 6.29 Å². The first-order chi connectivity index (χ1) is 8.60. The van der Waals surface area contributed by atoms with Crippen LogP contribution in [0.5, 0.6) is 6.01 Å². The zero-order chi connectivity index (χ0) is 13.3. The lowest BCUT2D eigenvalue weighted by Gasteiger charge is -2.09. The number of hydrogen-bond donors (Lipinski definition) is 0. The Morgan fingerprint density at radius 1 is 1.39 bits per heavy atom. The van der Waals surface area contributed by atoms with E-state index in [0.29, 0.717) is 17.5 Å². The molecule has 0 amide bonds. The lowest BCUT2D eigenvalue weighted by Crippen LogP contribution is -2.23. The van der Waals surface area contributed by atoms with Gasteiger partial charge in [0.1, 0.15) is 0 Å². The number of hydrogen-bond acceptors (Lipinski definition) is 4. The fraction of sp³-hybridized carbons (Fsp3) is 0.250. The van der Waals surface area contributed by atoms with Crippen LogP contribution in [0.4, 0.5) is 0 Å². The molecule has 1 aromatic carbocycles. The van der Waals surface area contributed by atoms with Crippen LogP contribution in [0, 0.1) is 6.92 Å². The van der Waals surface area contributed by atoms with Gasteiger partial charge < -0.3 is 4.74 Å². The van der Waals surface area contributed by atoms with E-state index in [0.717, 1.165) is 5.56 Å². The van der Waals surface area contributed by atoms with Crippen molar-refractivity contribution in [2.45, 2.75) is 6.92 Å². The Balaban J connectivity index is 2.84. The predicted octanol–water partition coefficient (Wildman–Crippen LogP) is 0.701. The van der Waals surface area contributed by atoms with Crippen molar-refractivity contribution in [3.63, 3.8) is 0 Å². The summed E-state index contributed by atoms with van der Waals surface area (Å²) in [5, 5.41) is 3.95. The summed E-state index contributed by atoms with van der Waals surface area (Å²) < 4.78 is 7.53. The smallest absolute Gasteiger partial charge is 0.353 e. The fourth-order valence-corrected chi connectivity index (χ4v) is 1.85. The molecule has 0 radical (unpaired) electrons. The van der Waals surface area contributed by atoms with Crippen molar-refractivity contribution in [3.05, 3.63) is 39.8 Å². The van der Waals surface area contributed by atoms with Crippen molar-refractivity contribution in [1.29, 1.82) is 0 Å². The van der Waals surface area contributed by atoms with Crippen molar-refractivity contribution < 1.29 is 9.53 Å². The number of ether oxygens (including phenoxy) is 1. The van der Waals surface area contributed by atoms with E-state index in [9.17, 15) is 9.59 Å². The normalized spacial score (nSPS) is 10.4. The molecule has 0 spiro atoms. The number of aryl methyl sites for hydroxylation is 2. The molecule has 0 aliphatic rings. The summed E-state index contributed by atoms with van der Waals surface area (Å²) in [7, 11) is 2.96. The molecule has 94 valence electrons. The van der Waals surface area contributed by atoms with Gasteiger partial charge in [-0.05, 0) is 18.6 Å². The van der Waals surface area contributed by atoms with Crippen molar-refractivity contribution in [3.8, 4) is 11.7 Å². The van der Waals surface area contributed by atoms with Gasteiger partial charge in [0.15, 0.2) is 6.29 Å². The maximum atomic E-state index is 12.0. The fourth-order valence-electron chi connectivity index (χ4n) is 1.85. The first kappa shape index (κ1) is 12.1. The minimum absolute atomic E-state index is 0.153. The Morgan fingerprint density at radius 2 is 2.11 bits per heavy atom. The number of nitrogens with zero attached hydrogens (tertiary/aromatic N) is 3. The van der Waals surface area contributed by atoms with Crippen molar-refractivity contribution in [1.82, 2.24) is 14.3 Å². The maximum absolute atomic E-state index is 12.0. The second-order valence-corrected chi connectivity index (χ2v) is 3.86. The van der Waals surface area contributed by atoms with E-state index in [1.807, 2.05) is 13.0 Å². The van der Waals surface area contributed by atoms with Gasteiger partial charge in [-0.15, -0.1) is 5.10 Å². The summed E-state index contributed by atoms with van der Waals surface area (Å²) >= 11 is 0. The van der Waals surface area contributed by atoms with Gasteiger partial charge in [-0.1, -0.05) is 12.1 Å². The lowest BCUT2D eigenvalue weighted by molar-refractivity contribution is 0.112. The van der Waals surface area contributed by atoms with E-state index >= 15 is 0 Å². The number of methoxy groups -OCH3 is 1. The van der Waals surface area contributed by atoms with Gasteiger partial charge in [-0.25, -0.2) is 14.0 Å². The predicted molar refractivity (Wildman–Crippen MR) is 65.5 cm³/mol. The minimum Gasteiger partial charge on any atom is -0.467 e. The molecule has 6 nitrogen and oxygen atoms in total. The van der Waals surface area contributed by atoms with Crippen LogP contribution >= 0.6 is 0 Å². The van der Waals surface area contributed by atoms with Crippen LogP contribution in [-0.2, 0) is 7.05 Å². The van der Waals surface area contributed by atoms with Gasteiger partial charge in [-0.3, -0.25) is 4.79 Å². The Kier molecular flexibility index (Phi) is 3.01. The molecule has 0 unspecified atom stereocenters. The molecule has 1 heterocycles. The molecule has 0 aliphatic heterocycles. The van der Waals surface area contributed by atoms with Crippen LogP contribution in [0.1, 0.15) is 15.9 Å². The molecule has 0 aliphatic carbocycles. The highest BCUT2D eigenvalue weighted by molar-refractivity contribution is 5.82. The van der Waals surface area contributed by atoms with Crippen LogP contribution in [0.3, 0.4) is 0 Å². The van der Waals surface area contributed by atoms with Gasteiger partial charge in [0.25, 0.3) is 0 Å². The largest absolute Gasteiger partial charge is 0.467 e. The van der Waals surface area contributed by atoms with Crippen molar-refractivity contribution in [2.75, 3.05) is 7.11 Å². The lowest BCUT2D eigenvalue weighted by atomic mass is 10.1. The van der Waals surface area contributed by atoms with Crippen LogP contribution < -0.4 is 10.4 Å². The van der Waals surface area contributed by atoms with Gasteiger partial charge in [0.2, 0.25) is 0 Å². The third kappa shape index (κ3) is 1.71. The third-order valence-electron chi connectivity index (χ3n) is 2.70. The second-order valence-electron chi connectivity index (χ2n) is 3.86. The molecule has 0 N–H and O–H groups in total. The number of aldehydes is 1. The number of carbonyl (C=O) groups excluding carboxylic acids is 1. The van der Waals surface area contributed by atoms with Gasteiger partial charge in [-0.2, -0.15) is 0 Å². The summed E-state index contributed by atoms with van der Waals surface area (Å²) in [6.45, 7) is 1.82. The molecule has 1 aromatic heterocycles. The summed E-state index contributed by atoms with van der Waals surface area (Å²) in [6, 6.07) is 5.38. The Labute approximate surface area is 103 Å². The highest BCUT2D eigenvalue weighted by Crippen LogP contribution is 2.20. The Morgan fingerprint density at radius 3 is 2.72 bits per heavy atom. The van der Waals surface area contributed by atoms with Crippen LogP contribution in [0.25, 0.3) is 5.69 Å². The van der Waals surface area contributed by atoms with Crippen molar-refractivity contribution in [2.24, 2.45) is 7.05 Å². The Hall–Kier alpha value is -2.37. The van der Waals surface area contributed by atoms with E-state index in [4.69, 9.17) is 4.74 Å². The summed E-state index contributed by atoms with van der Waals surface area (Å²) in [5.41, 5.74) is 1.36. The van der Waals surface area contributed by atoms with Gasteiger partial charge in [0.05, 0.1) is 12.8 Å². The number of benzene rings is 1. The molecule has 6 heteroatoms. The molecular weight excluding hydrogens is 234 g/mol. The van der Waals surface area contributed by atoms with E-state index in [-0.39, 0.29) is 11.7 Å². The Bertz CT molecular complexity index is 655. The van der Waals surface area contributed by atoms with E-state index in [2.05, 4.69) is 5.10 Å². The highest BCUT2D eigenvalue weighted by atomic mass is 16.5. The highest BCUT2D eigenvalue weighted by Gasteiger charge is 2.17. The second kappa shape index (κ2) is 4.48. The third-order valence-corrected chi connectivity index (χ3v) is 2.70. The minimum atomic E-state index is -0.357. The summed E-state index contributed by atoms with van der Waals surface area (Å²) in [5.74, 6) is 0. The first-order valence-electron chi connectivity index (χ1n) is 5.35. The molecule has 0 saturated carbocycles. The van der Waals surface area contributed by atoms with Gasteiger partial charge in [0, 0.05) is 12.6 Å². The quantitative estimate of drug-likeness (QED) is 0.749. The zero-order valence-electron chi connectivity index (χ0n) is 10.4. The molecular formula is C12H13N3O3. The topological polar surface area (TPSA) is 66.1 Å². The average Bonchev–Trinajstić information content (AvgIpc) is 2.65. The number of para-hydroxylation sites is 1. The van der Waals surface area contributed by atoms with E-state index < -0.39 is 0 Å². The summed E-state index contributed by atoms with van der Waals surface area (Å²) in [6.07, 6.45) is 0.710. The molecule has 0 bridgehead atoms.